The Labute approximate surface area is 95.7 Å². The SMILES string of the molecule is Cc1cccc(-c2nc(C(C)N)[nH]c2C)c1. The first-order valence-corrected chi connectivity index (χ1v) is 5.47. The maximum Gasteiger partial charge on any atom is 0.123 e. The van der Waals surface area contributed by atoms with Gasteiger partial charge in [-0.2, -0.15) is 0 Å². The Bertz CT molecular complexity index is 498. The van der Waals surface area contributed by atoms with E-state index in [-0.39, 0.29) is 6.04 Å². The van der Waals surface area contributed by atoms with Crippen molar-refractivity contribution in [2.45, 2.75) is 26.8 Å². The largest absolute Gasteiger partial charge is 0.344 e. The summed E-state index contributed by atoms with van der Waals surface area (Å²) in [6.45, 7) is 6.03. The van der Waals surface area contributed by atoms with Crippen molar-refractivity contribution < 1.29 is 0 Å². The molecule has 0 radical (unpaired) electrons. The zero-order valence-corrected chi connectivity index (χ0v) is 9.91. The first kappa shape index (κ1) is 10.9. The second-order valence-electron chi connectivity index (χ2n) is 4.25. The van der Waals surface area contributed by atoms with Gasteiger partial charge in [0.2, 0.25) is 0 Å². The van der Waals surface area contributed by atoms with E-state index in [1.807, 2.05) is 19.9 Å². The summed E-state index contributed by atoms with van der Waals surface area (Å²) in [7, 11) is 0. The van der Waals surface area contributed by atoms with Crippen LogP contribution in [0, 0.1) is 13.8 Å². The molecule has 0 aliphatic carbocycles. The van der Waals surface area contributed by atoms with Crippen molar-refractivity contribution in [2.75, 3.05) is 0 Å². The normalized spacial score (nSPS) is 12.8. The van der Waals surface area contributed by atoms with Crippen LogP contribution in [0.1, 0.15) is 30.0 Å². The molecule has 2 rings (SSSR count). The van der Waals surface area contributed by atoms with E-state index in [0.717, 1.165) is 22.8 Å². The molecule has 3 heteroatoms. The van der Waals surface area contributed by atoms with Gasteiger partial charge in [0, 0.05) is 11.3 Å². The predicted octanol–water partition coefficient (Wildman–Crippen LogP) is 2.71. The van der Waals surface area contributed by atoms with Gasteiger partial charge in [0.15, 0.2) is 0 Å². The third-order valence-electron chi connectivity index (χ3n) is 2.63. The first-order chi connectivity index (χ1) is 7.58. The topological polar surface area (TPSA) is 54.7 Å². The molecule has 84 valence electrons. The monoisotopic (exact) mass is 215 g/mol. The summed E-state index contributed by atoms with van der Waals surface area (Å²) in [5.74, 6) is 0.842. The smallest absolute Gasteiger partial charge is 0.123 e. The summed E-state index contributed by atoms with van der Waals surface area (Å²) < 4.78 is 0. The molecule has 0 aliphatic heterocycles. The van der Waals surface area contributed by atoms with Crippen LogP contribution in [0.15, 0.2) is 24.3 Å². The van der Waals surface area contributed by atoms with Crippen LogP contribution in [0.4, 0.5) is 0 Å². The van der Waals surface area contributed by atoms with Crippen LogP contribution in [0.5, 0.6) is 0 Å². The Hall–Kier alpha value is -1.61. The summed E-state index contributed by atoms with van der Waals surface area (Å²) in [4.78, 5) is 7.77. The summed E-state index contributed by atoms with van der Waals surface area (Å²) in [6.07, 6.45) is 0. The third-order valence-corrected chi connectivity index (χ3v) is 2.63. The number of benzene rings is 1. The van der Waals surface area contributed by atoms with Gasteiger partial charge in [-0.1, -0.05) is 23.8 Å². The lowest BCUT2D eigenvalue weighted by atomic mass is 10.1. The zero-order chi connectivity index (χ0) is 11.7. The number of nitrogens with zero attached hydrogens (tertiary/aromatic N) is 1. The average Bonchev–Trinajstić information content (AvgIpc) is 2.60. The Balaban J connectivity index is 2.48. The van der Waals surface area contributed by atoms with Crippen molar-refractivity contribution >= 4 is 0 Å². The van der Waals surface area contributed by atoms with Crippen molar-refractivity contribution in [3.8, 4) is 11.3 Å². The molecule has 0 spiro atoms. The number of H-pyrrole nitrogens is 1. The van der Waals surface area contributed by atoms with Gasteiger partial charge >= 0.3 is 0 Å². The van der Waals surface area contributed by atoms with Gasteiger partial charge in [-0.3, -0.25) is 0 Å². The van der Waals surface area contributed by atoms with Gasteiger partial charge in [-0.15, -0.1) is 0 Å². The molecule has 1 aromatic carbocycles. The summed E-state index contributed by atoms with van der Waals surface area (Å²) in [6, 6.07) is 8.27. The molecule has 3 N–H and O–H groups in total. The van der Waals surface area contributed by atoms with E-state index in [1.54, 1.807) is 0 Å². The van der Waals surface area contributed by atoms with Crippen LogP contribution >= 0.6 is 0 Å². The van der Waals surface area contributed by atoms with E-state index in [9.17, 15) is 0 Å². The zero-order valence-electron chi connectivity index (χ0n) is 9.91. The molecule has 0 saturated heterocycles. The van der Waals surface area contributed by atoms with E-state index in [2.05, 4.69) is 35.1 Å². The lowest BCUT2D eigenvalue weighted by Gasteiger charge is -2.00. The molecule has 1 atom stereocenters. The van der Waals surface area contributed by atoms with Crippen LogP contribution in [-0.4, -0.2) is 9.97 Å². The number of hydrogen-bond donors (Lipinski definition) is 2. The number of hydrogen-bond acceptors (Lipinski definition) is 2. The number of aryl methyl sites for hydroxylation is 2. The predicted molar refractivity (Wildman–Crippen MR) is 66.1 cm³/mol. The van der Waals surface area contributed by atoms with E-state index >= 15 is 0 Å². The van der Waals surface area contributed by atoms with E-state index in [1.165, 1.54) is 5.56 Å². The van der Waals surface area contributed by atoms with Crippen molar-refractivity contribution in [3.05, 3.63) is 41.3 Å². The quantitative estimate of drug-likeness (QED) is 0.809. The van der Waals surface area contributed by atoms with Crippen molar-refractivity contribution in [1.82, 2.24) is 9.97 Å². The molecule has 1 aromatic heterocycles. The molecule has 16 heavy (non-hydrogen) atoms. The van der Waals surface area contributed by atoms with Crippen LogP contribution < -0.4 is 5.73 Å². The first-order valence-electron chi connectivity index (χ1n) is 5.47. The van der Waals surface area contributed by atoms with Gasteiger partial charge in [-0.25, -0.2) is 4.98 Å². The highest BCUT2D eigenvalue weighted by atomic mass is 15.0. The van der Waals surface area contributed by atoms with Gasteiger partial charge in [0.1, 0.15) is 5.82 Å². The van der Waals surface area contributed by atoms with Gasteiger partial charge < -0.3 is 10.7 Å². The lowest BCUT2D eigenvalue weighted by molar-refractivity contribution is 0.754. The lowest BCUT2D eigenvalue weighted by Crippen LogP contribution is -2.06. The number of nitrogens with two attached hydrogens (primary N) is 1. The molecule has 3 nitrogen and oxygen atoms in total. The Morgan fingerprint density at radius 3 is 2.62 bits per heavy atom. The highest BCUT2D eigenvalue weighted by Gasteiger charge is 2.11. The Morgan fingerprint density at radius 1 is 1.31 bits per heavy atom. The fourth-order valence-electron chi connectivity index (χ4n) is 1.77. The molecule has 0 fully saturated rings. The van der Waals surface area contributed by atoms with Crippen molar-refractivity contribution in [3.63, 3.8) is 0 Å². The molecule has 0 saturated carbocycles. The highest BCUT2D eigenvalue weighted by molar-refractivity contribution is 5.62. The second-order valence-corrected chi connectivity index (χ2v) is 4.25. The number of nitrogens with one attached hydrogen (secondary N) is 1. The molecular weight excluding hydrogens is 198 g/mol. The molecule has 0 bridgehead atoms. The summed E-state index contributed by atoms with van der Waals surface area (Å²) in [5, 5.41) is 0. The maximum absolute atomic E-state index is 5.81. The summed E-state index contributed by atoms with van der Waals surface area (Å²) >= 11 is 0. The second kappa shape index (κ2) is 4.10. The van der Waals surface area contributed by atoms with Crippen LogP contribution in [0.3, 0.4) is 0 Å². The highest BCUT2D eigenvalue weighted by Crippen LogP contribution is 2.23. The molecule has 0 amide bonds. The molecule has 0 aliphatic rings. The minimum atomic E-state index is -0.0581. The minimum Gasteiger partial charge on any atom is -0.344 e. The Kier molecular flexibility index (Phi) is 2.79. The Morgan fingerprint density at radius 2 is 2.06 bits per heavy atom. The molecule has 1 unspecified atom stereocenters. The summed E-state index contributed by atoms with van der Waals surface area (Å²) in [5.41, 5.74) is 10.3. The fraction of sp³-hybridized carbons (Fsp3) is 0.308. The number of rotatable bonds is 2. The molecular formula is C13H17N3. The van der Waals surface area contributed by atoms with Crippen LogP contribution in [-0.2, 0) is 0 Å². The maximum atomic E-state index is 5.81. The molecule has 2 aromatic rings. The van der Waals surface area contributed by atoms with Crippen molar-refractivity contribution in [2.24, 2.45) is 5.73 Å². The van der Waals surface area contributed by atoms with Crippen molar-refractivity contribution in [1.29, 1.82) is 0 Å². The minimum absolute atomic E-state index is 0.0581. The third kappa shape index (κ3) is 1.99. The van der Waals surface area contributed by atoms with E-state index in [4.69, 9.17) is 5.73 Å². The van der Waals surface area contributed by atoms with Gasteiger partial charge in [0.05, 0.1) is 11.7 Å². The van der Waals surface area contributed by atoms with E-state index in [0.29, 0.717) is 0 Å². The number of aromatic amines is 1. The molecule has 1 heterocycles. The van der Waals surface area contributed by atoms with Gasteiger partial charge in [0.25, 0.3) is 0 Å². The fourth-order valence-corrected chi connectivity index (χ4v) is 1.77. The number of aromatic nitrogens is 2. The van der Waals surface area contributed by atoms with Crippen LogP contribution in [0.2, 0.25) is 0 Å². The van der Waals surface area contributed by atoms with E-state index < -0.39 is 0 Å². The van der Waals surface area contributed by atoms with Crippen LogP contribution in [0.25, 0.3) is 11.3 Å². The average molecular weight is 215 g/mol. The standard InChI is InChI=1S/C13H17N3/c1-8-5-4-6-11(7-8)12-10(3)15-13(16-12)9(2)14/h4-7,9H,14H2,1-3H3,(H,15,16). The van der Waals surface area contributed by atoms with Gasteiger partial charge in [-0.05, 0) is 26.8 Å². The number of imidazole rings is 1.